The number of hydrogen-bond donors (Lipinski definition) is 3. The maximum absolute atomic E-state index is 14.4. The summed E-state index contributed by atoms with van der Waals surface area (Å²) in [6.45, 7) is 3.38. The van der Waals surface area contributed by atoms with E-state index in [1.54, 1.807) is 19.1 Å². The minimum absolute atomic E-state index is 0.0222. The summed E-state index contributed by atoms with van der Waals surface area (Å²) < 4.78 is 19.9. The van der Waals surface area contributed by atoms with Crippen molar-refractivity contribution in [3.63, 3.8) is 0 Å². The van der Waals surface area contributed by atoms with Crippen molar-refractivity contribution in [2.45, 2.75) is 50.7 Å². The lowest BCUT2D eigenvalue weighted by molar-refractivity contribution is -0.140. The topological polar surface area (TPSA) is 107 Å². The fourth-order valence-corrected chi connectivity index (χ4v) is 6.39. The quantitative estimate of drug-likeness (QED) is 0.294. The van der Waals surface area contributed by atoms with Crippen molar-refractivity contribution in [2.24, 2.45) is 5.92 Å². The normalized spacial score (nSPS) is 19.7. The molecule has 0 spiro atoms. The molecule has 2 aromatic carbocycles. The molecule has 5 rings (SSSR count). The molecule has 3 heterocycles. The van der Waals surface area contributed by atoms with Gasteiger partial charge in [0.15, 0.2) is 0 Å². The number of hydrogen-bond acceptors (Lipinski definition) is 6. The van der Waals surface area contributed by atoms with Gasteiger partial charge in [-0.05, 0) is 56.0 Å². The number of thiazole rings is 1. The number of rotatable bonds is 8. The van der Waals surface area contributed by atoms with Gasteiger partial charge in [-0.2, -0.15) is 0 Å². The summed E-state index contributed by atoms with van der Waals surface area (Å²) in [5, 5.41) is 17.1. The second-order valence-corrected chi connectivity index (χ2v) is 10.8. The van der Waals surface area contributed by atoms with Crippen LogP contribution < -0.4 is 10.6 Å². The Balaban J connectivity index is 1.40. The van der Waals surface area contributed by atoms with Crippen molar-refractivity contribution in [1.82, 2.24) is 20.5 Å². The van der Waals surface area contributed by atoms with Crippen molar-refractivity contribution in [1.29, 1.82) is 5.41 Å². The molecule has 2 saturated heterocycles. The Kier molecular flexibility index (Phi) is 7.99. The van der Waals surface area contributed by atoms with Crippen LogP contribution in [-0.4, -0.2) is 59.9 Å². The second kappa shape index (κ2) is 11.6. The van der Waals surface area contributed by atoms with Crippen molar-refractivity contribution in [2.75, 3.05) is 19.8 Å². The van der Waals surface area contributed by atoms with Crippen LogP contribution in [0.1, 0.15) is 43.7 Å². The highest BCUT2D eigenvalue weighted by molar-refractivity contribution is 7.10. The van der Waals surface area contributed by atoms with Crippen molar-refractivity contribution >= 4 is 40.3 Å². The van der Waals surface area contributed by atoms with Gasteiger partial charge in [0, 0.05) is 36.1 Å². The molecular formula is C28H32FN5O3S. The van der Waals surface area contributed by atoms with Crippen LogP contribution in [0.2, 0.25) is 0 Å². The van der Waals surface area contributed by atoms with E-state index in [1.807, 2.05) is 28.5 Å². The van der Waals surface area contributed by atoms with E-state index in [9.17, 15) is 14.0 Å². The average molecular weight is 538 g/mol. The van der Waals surface area contributed by atoms with E-state index in [1.165, 1.54) is 17.4 Å². The van der Waals surface area contributed by atoms with Crippen LogP contribution in [-0.2, 0) is 14.3 Å². The van der Waals surface area contributed by atoms with Crippen LogP contribution in [0.5, 0.6) is 0 Å². The van der Waals surface area contributed by atoms with E-state index in [0.29, 0.717) is 38.0 Å². The van der Waals surface area contributed by atoms with E-state index in [-0.39, 0.29) is 29.6 Å². The van der Waals surface area contributed by atoms with E-state index >= 15 is 0 Å². The Labute approximate surface area is 225 Å². The van der Waals surface area contributed by atoms with Crippen molar-refractivity contribution in [3.05, 3.63) is 52.6 Å². The van der Waals surface area contributed by atoms with Crippen LogP contribution in [0, 0.1) is 17.1 Å². The number of halogens is 1. The molecular weight excluding hydrogens is 505 g/mol. The summed E-state index contributed by atoms with van der Waals surface area (Å²) in [6, 6.07) is 9.14. The van der Waals surface area contributed by atoms with Gasteiger partial charge in [-0.25, -0.2) is 9.37 Å². The number of benzene rings is 2. The highest BCUT2D eigenvalue weighted by atomic mass is 32.1. The Bertz CT molecular complexity index is 1320. The zero-order valence-electron chi connectivity index (χ0n) is 21.3. The first-order chi connectivity index (χ1) is 18.5. The number of fused-ring (bicyclic) bond motifs is 1. The molecule has 3 N–H and O–H groups in total. The smallest absolute Gasteiger partial charge is 0.246 e. The number of carbonyl (C=O) groups is 2. The van der Waals surface area contributed by atoms with Crippen LogP contribution in [0.15, 0.2) is 41.8 Å². The predicted molar refractivity (Wildman–Crippen MR) is 146 cm³/mol. The standard InChI is InChI=1S/C28H32FN5O3S/c1-17(31-16-30)26(35)33-25(18-10-13-37-14-11-18)28(36)34-12-4-7-24(34)27-32-23(15-38-27)21-8-9-22(29)20-6-3-2-5-19(20)21/h2-3,5-6,8-9,15-18,24-25H,4,7,10-14H2,1H3,(H2,30,31)(H,33,35)/t17-,24-,25-/m0/s1. The predicted octanol–water partition coefficient (Wildman–Crippen LogP) is 4.26. The second-order valence-electron chi connectivity index (χ2n) is 9.87. The number of nitrogens with one attached hydrogen (secondary N) is 3. The van der Waals surface area contributed by atoms with Crippen LogP contribution >= 0.6 is 11.3 Å². The molecule has 0 unspecified atom stereocenters. The molecule has 200 valence electrons. The third-order valence-electron chi connectivity index (χ3n) is 7.52. The molecule has 3 aromatic rings. The lowest BCUT2D eigenvalue weighted by Gasteiger charge is -2.35. The zero-order chi connectivity index (χ0) is 26.6. The van der Waals surface area contributed by atoms with E-state index in [2.05, 4.69) is 10.6 Å². The average Bonchev–Trinajstić information content (AvgIpc) is 3.62. The number of amides is 2. The number of ether oxygens (including phenoxy) is 1. The van der Waals surface area contributed by atoms with Crippen LogP contribution in [0.3, 0.4) is 0 Å². The molecule has 10 heteroatoms. The van der Waals surface area contributed by atoms with Gasteiger partial charge in [-0.1, -0.05) is 24.3 Å². The Hall–Kier alpha value is -3.37. The maximum Gasteiger partial charge on any atom is 0.246 e. The molecule has 3 atom stereocenters. The van der Waals surface area contributed by atoms with Gasteiger partial charge < -0.3 is 20.3 Å². The van der Waals surface area contributed by atoms with Crippen molar-refractivity contribution < 1.29 is 18.7 Å². The molecule has 0 saturated carbocycles. The summed E-state index contributed by atoms with van der Waals surface area (Å²) in [4.78, 5) is 33.6. The molecule has 2 aliphatic heterocycles. The maximum atomic E-state index is 14.4. The van der Waals surface area contributed by atoms with Gasteiger partial charge in [0.05, 0.1) is 18.1 Å². The molecule has 38 heavy (non-hydrogen) atoms. The molecule has 2 amide bonds. The molecule has 2 fully saturated rings. The molecule has 0 aliphatic carbocycles. The Morgan fingerprint density at radius 1 is 1.18 bits per heavy atom. The summed E-state index contributed by atoms with van der Waals surface area (Å²) >= 11 is 1.51. The lowest BCUT2D eigenvalue weighted by Crippen LogP contribution is -2.56. The summed E-state index contributed by atoms with van der Waals surface area (Å²) in [6.07, 6.45) is 4.02. The van der Waals surface area contributed by atoms with Gasteiger partial charge in [-0.15, -0.1) is 11.3 Å². The summed E-state index contributed by atoms with van der Waals surface area (Å²) in [7, 11) is 0. The number of nitrogens with zero attached hydrogens (tertiary/aromatic N) is 2. The Morgan fingerprint density at radius 2 is 1.95 bits per heavy atom. The lowest BCUT2D eigenvalue weighted by atomic mass is 9.90. The highest BCUT2D eigenvalue weighted by Gasteiger charge is 2.40. The van der Waals surface area contributed by atoms with Crippen molar-refractivity contribution in [3.8, 4) is 11.3 Å². The molecule has 1 aromatic heterocycles. The van der Waals surface area contributed by atoms with Gasteiger partial charge >= 0.3 is 0 Å². The van der Waals surface area contributed by atoms with E-state index < -0.39 is 12.1 Å². The number of aromatic nitrogens is 1. The fraction of sp³-hybridized carbons (Fsp3) is 0.429. The number of carbonyl (C=O) groups excluding carboxylic acids is 2. The minimum atomic E-state index is -0.664. The highest BCUT2D eigenvalue weighted by Crippen LogP contribution is 2.38. The molecule has 2 aliphatic rings. The SMILES string of the molecule is C[C@H](NC=N)C(=O)N[C@H](C(=O)N1CCC[C@H]1c1nc(-c2ccc(F)c3ccccc23)cs1)C1CCOCC1. The molecule has 0 bridgehead atoms. The largest absolute Gasteiger partial charge is 0.381 e. The number of likely N-dealkylation sites (tertiary alicyclic amines) is 1. The summed E-state index contributed by atoms with van der Waals surface area (Å²) in [5.74, 6) is -0.697. The first kappa shape index (κ1) is 26.2. The fourth-order valence-electron chi connectivity index (χ4n) is 5.43. The van der Waals surface area contributed by atoms with Gasteiger partial charge in [-0.3, -0.25) is 15.0 Å². The van der Waals surface area contributed by atoms with E-state index in [4.69, 9.17) is 15.1 Å². The first-order valence-electron chi connectivity index (χ1n) is 13.0. The minimum Gasteiger partial charge on any atom is -0.381 e. The van der Waals surface area contributed by atoms with Crippen LogP contribution in [0.4, 0.5) is 4.39 Å². The summed E-state index contributed by atoms with van der Waals surface area (Å²) in [5.41, 5.74) is 1.63. The molecule has 0 radical (unpaired) electrons. The first-order valence-corrected chi connectivity index (χ1v) is 13.9. The third kappa shape index (κ3) is 5.28. The third-order valence-corrected chi connectivity index (χ3v) is 8.46. The molecule has 8 nitrogen and oxygen atoms in total. The zero-order valence-corrected chi connectivity index (χ0v) is 22.1. The Morgan fingerprint density at radius 3 is 2.71 bits per heavy atom. The van der Waals surface area contributed by atoms with Crippen LogP contribution in [0.25, 0.3) is 22.0 Å². The van der Waals surface area contributed by atoms with Gasteiger partial charge in [0.1, 0.15) is 22.9 Å². The van der Waals surface area contributed by atoms with Gasteiger partial charge in [0.2, 0.25) is 11.8 Å². The van der Waals surface area contributed by atoms with E-state index in [0.717, 1.165) is 40.8 Å². The monoisotopic (exact) mass is 537 g/mol. The van der Waals surface area contributed by atoms with Gasteiger partial charge in [0.25, 0.3) is 0 Å².